The first-order valence-electron chi connectivity index (χ1n) is 8.24. The van der Waals surface area contributed by atoms with Crippen molar-refractivity contribution in [3.05, 3.63) is 101 Å². The van der Waals surface area contributed by atoms with Crippen molar-refractivity contribution in [1.29, 1.82) is 0 Å². The lowest BCUT2D eigenvalue weighted by molar-refractivity contribution is 0.0697. The fourth-order valence-electron chi connectivity index (χ4n) is 3.17. The third kappa shape index (κ3) is 3.17. The van der Waals surface area contributed by atoms with Crippen LogP contribution < -0.4 is 0 Å². The number of benzene rings is 3. The number of fused-ring (bicyclic) bond motifs is 1. The number of imidazole rings is 1. The molecule has 4 nitrogen and oxygen atoms in total. The van der Waals surface area contributed by atoms with E-state index < -0.39 is 5.97 Å². The number of hydrogen-bond donors (Lipinski definition) is 1. The summed E-state index contributed by atoms with van der Waals surface area (Å²) in [5.74, 6) is -1.73. The molecule has 0 aliphatic carbocycles. The van der Waals surface area contributed by atoms with Gasteiger partial charge in [0, 0.05) is 0 Å². The van der Waals surface area contributed by atoms with Gasteiger partial charge in [0.25, 0.3) is 0 Å². The Kier molecular flexibility index (Phi) is 4.16. The van der Waals surface area contributed by atoms with E-state index in [1.165, 1.54) is 36.4 Å². The molecule has 0 aliphatic heterocycles. The lowest BCUT2D eigenvalue weighted by atomic mass is 9.98. The Morgan fingerprint density at radius 1 is 0.889 bits per heavy atom. The maximum atomic E-state index is 13.4. The van der Waals surface area contributed by atoms with Crippen molar-refractivity contribution in [1.82, 2.24) is 9.55 Å². The predicted octanol–water partition coefficient (Wildman–Crippen LogP) is 4.65. The first-order chi connectivity index (χ1) is 13.0. The molecule has 0 fully saturated rings. The largest absolute Gasteiger partial charge is 0.478 e. The zero-order valence-electron chi connectivity index (χ0n) is 14.0. The molecular weight excluding hydrogens is 350 g/mol. The number of aromatic carboxylic acids is 1. The minimum atomic E-state index is -1.03. The Hall–Kier alpha value is -3.54. The summed E-state index contributed by atoms with van der Waals surface area (Å²) in [4.78, 5) is 15.5. The van der Waals surface area contributed by atoms with Gasteiger partial charge in [-0.2, -0.15) is 0 Å². The maximum absolute atomic E-state index is 13.4. The molecule has 27 heavy (non-hydrogen) atoms. The van der Waals surface area contributed by atoms with E-state index in [1.807, 2.05) is 4.57 Å². The average molecular weight is 364 g/mol. The van der Waals surface area contributed by atoms with Crippen LogP contribution in [0.5, 0.6) is 0 Å². The number of carbonyl (C=O) groups is 1. The van der Waals surface area contributed by atoms with Crippen molar-refractivity contribution in [3.8, 4) is 0 Å². The maximum Gasteiger partial charge on any atom is 0.335 e. The second-order valence-corrected chi connectivity index (χ2v) is 6.17. The highest BCUT2D eigenvalue weighted by Gasteiger charge is 2.19. The fourth-order valence-corrected chi connectivity index (χ4v) is 3.17. The summed E-state index contributed by atoms with van der Waals surface area (Å²) in [7, 11) is 0. The molecule has 4 rings (SSSR count). The summed E-state index contributed by atoms with van der Waals surface area (Å²) in [6.07, 6.45) is 1.60. The van der Waals surface area contributed by atoms with E-state index in [1.54, 1.807) is 36.7 Å². The van der Waals surface area contributed by atoms with Crippen LogP contribution in [0.15, 0.2) is 73.1 Å². The van der Waals surface area contributed by atoms with Gasteiger partial charge in [-0.1, -0.05) is 24.3 Å². The zero-order valence-corrected chi connectivity index (χ0v) is 14.0. The molecule has 0 atom stereocenters. The highest BCUT2D eigenvalue weighted by molar-refractivity contribution is 5.92. The van der Waals surface area contributed by atoms with E-state index >= 15 is 0 Å². The van der Waals surface area contributed by atoms with Gasteiger partial charge in [0.15, 0.2) is 0 Å². The second-order valence-electron chi connectivity index (χ2n) is 6.17. The third-order valence-corrected chi connectivity index (χ3v) is 4.47. The number of nitrogens with zero attached hydrogens (tertiary/aromatic N) is 2. The summed E-state index contributed by atoms with van der Waals surface area (Å²) in [6, 6.07) is 16.5. The number of carboxylic acids is 1. The quantitative estimate of drug-likeness (QED) is 0.573. The van der Waals surface area contributed by atoms with E-state index in [2.05, 4.69) is 4.98 Å². The number of aromatic nitrogens is 2. The minimum Gasteiger partial charge on any atom is -0.478 e. The number of rotatable bonds is 4. The lowest BCUT2D eigenvalue weighted by Gasteiger charge is -2.21. The molecule has 4 aromatic rings. The van der Waals surface area contributed by atoms with E-state index in [4.69, 9.17) is 5.11 Å². The molecule has 0 bridgehead atoms. The average Bonchev–Trinajstić information content (AvgIpc) is 3.08. The van der Waals surface area contributed by atoms with Gasteiger partial charge in [-0.3, -0.25) is 0 Å². The van der Waals surface area contributed by atoms with Gasteiger partial charge in [0.1, 0.15) is 11.6 Å². The van der Waals surface area contributed by atoms with Gasteiger partial charge in [-0.05, 0) is 53.6 Å². The zero-order chi connectivity index (χ0) is 19.0. The number of halogens is 2. The summed E-state index contributed by atoms with van der Waals surface area (Å²) in [5.41, 5.74) is 2.99. The molecule has 1 aromatic heterocycles. The SMILES string of the molecule is O=C(O)c1ccc2c(c1)ncn2C(c1ccc(F)cc1)c1ccc(F)cc1. The topological polar surface area (TPSA) is 55.1 Å². The molecule has 0 amide bonds. The van der Waals surface area contributed by atoms with Crippen molar-refractivity contribution < 1.29 is 18.7 Å². The Bertz CT molecular complexity index is 1070. The van der Waals surface area contributed by atoms with Crippen molar-refractivity contribution >= 4 is 17.0 Å². The van der Waals surface area contributed by atoms with Gasteiger partial charge in [-0.15, -0.1) is 0 Å². The van der Waals surface area contributed by atoms with Crippen LogP contribution in [0.1, 0.15) is 27.5 Å². The lowest BCUT2D eigenvalue weighted by Crippen LogP contribution is -2.11. The van der Waals surface area contributed by atoms with Crippen LogP contribution in [0, 0.1) is 11.6 Å². The normalized spacial score (nSPS) is 11.2. The van der Waals surface area contributed by atoms with Crippen LogP contribution in [0.4, 0.5) is 8.78 Å². The summed E-state index contributed by atoms with van der Waals surface area (Å²) < 4.78 is 28.7. The molecule has 0 unspecified atom stereocenters. The van der Waals surface area contributed by atoms with Gasteiger partial charge in [0.05, 0.1) is 29.0 Å². The van der Waals surface area contributed by atoms with Gasteiger partial charge < -0.3 is 9.67 Å². The first kappa shape index (κ1) is 16.9. The molecule has 1 heterocycles. The van der Waals surface area contributed by atoms with Crippen molar-refractivity contribution in [2.24, 2.45) is 0 Å². The molecule has 134 valence electrons. The minimum absolute atomic E-state index is 0.146. The smallest absolute Gasteiger partial charge is 0.335 e. The van der Waals surface area contributed by atoms with Crippen LogP contribution in [-0.4, -0.2) is 20.6 Å². The standard InChI is InChI=1S/C21H14F2N2O2/c22-16-6-1-13(2-7-16)20(14-3-8-17(23)9-4-14)25-12-24-18-11-15(21(26)27)5-10-19(18)25/h1-12,20H,(H,26,27). The molecule has 0 radical (unpaired) electrons. The molecule has 0 saturated carbocycles. The van der Waals surface area contributed by atoms with E-state index in [-0.39, 0.29) is 23.2 Å². The van der Waals surface area contributed by atoms with Gasteiger partial charge >= 0.3 is 5.97 Å². The molecule has 0 aliphatic rings. The Balaban J connectivity index is 1.90. The summed E-state index contributed by atoms with van der Waals surface area (Å²) in [5, 5.41) is 9.16. The fraction of sp³-hybridized carbons (Fsp3) is 0.0476. The van der Waals surface area contributed by atoms with E-state index in [0.717, 1.165) is 16.6 Å². The molecular formula is C21H14F2N2O2. The van der Waals surface area contributed by atoms with E-state index in [9.17, 15) is 13.6 Å². The van der Waals surface area contributed by atoms with Gasteiger partial charge in [-0.25, -0.2) is 18.6 Å². The van der Waals surface area contributed by atoms with Crippen LogP contribution in [0.3, 0.4) is 0 Å². The Morgan fingerprint density at radius 3 is 1.96 bits per heavy atom. The predicted molar refractivity (Wildman–Crippen MR) is 96.7 cm³/mol. The van der Waals surface area contributed by atoms with Crippen molar-refractivity contribution in [3.63, 3.8) is 0 Å². The van der Waals surface area contributed by atoms with Crippen LogP contribution in [-0.2, 0) is 0 Å². The molecule has 6 heteroatoms. The summed E-state index contributed by atoms with van der Waals surface area (Å²) >= 11 is 0. The van der Waals surface area contributed by atoms with E-state index in [0.29, 0.717) is 5.52 Å². The Morgan fingerprint density at radius 2 is 1.44 bits per heavy atom. The summed E-state index contributed by atoms with van der Waals surface area (Å²) in [6.45, 7) is 0. The number of hydrogen-bond acceptors (Lipinski definition) is 2. The van der Waals surface area contributed by atoms with Gasteiger partial charge in [0.2, 0.25) is 0 Å². The molecule has 0 saturated heterocycles. The third-order valence-electron chi connectivity index (χ3n) is 4.47. The highest BCUT2D eigenvalue weighted by Crippen LogP contribution is 2.30. The van der Waals surface area contributed by atoms with Crippen molar-refractivity contribution in [2.75, 3.05) is 0 Å². The highest BCUT2D eigenvalue weighted by atomic mass is 19.1. The van der Waals surface area contributed by atoms with Crippen molar-refractivity contribution in [2.45, 2.75) is 6.04 Å². The molecule has 0 spiro atoms. The van der Waals surface area contributed by atoms with Crippen LogP contribution in [0.2, 0.25) is 0 Å². The molecule has 3 aromatic carbocycles. The van der Waals surface area contributed by atoms with Crippen LogP contribution in [0.25, 0.3) is 11.0 Å². The first-order valence-corrected chi connectivity index (χ1v) is 8.24. The second kappa shape index (κ2) is 6.64. The number of carboxylic acid groups (broad SMARTS) is 1. The Labute approximate surface area is 153 Å². The van der Waals surface area contributed by atoms with Crippen LogP contribution >= 0.6 is 0 Å². The molecule has 1 N–H and O–H groups in total. The monoisotopic (exact) mass is 364 g/mol.